The summed E-state index contributed by atoms with van der Waals surface area (Å²) in [7, 11) is 3.15. The van der Waals surface area contributed by atoms with Crippen molar-refractivity contribution in [1.82, 2.24) is 5.43 Å². The van der Waals surface area contributed by atoms with Crippen LogP contribution in [0.4, 0.5) is 0 Å². The topological polar surface area (TPSA) is 59.9 Å². The van der Waals surface area contributed by atoms with Gasteiger partial charge in [-0.3, -0.25) is 4.79 Å². The number of hydrogen-bond acceptors (Lipinski definition) is 4. The van der Waals surface area contributed by atoms with Crippen molar-refractivity contribution in [3.63, 3.8) is 0 Å². The molecule has 5 nitrogen and oxygen atoms in total. The van der Waals surface area contributed by atoms with Crippen molar-refractivity contribution in [3.05, 3.63) is 94.0 Å². The lowest BCUT2D eigenvalue weighted by molar-refractivity contribution is -0.121. The number of benzene rings is 3. The fraction of sp³-hybridized carbons (Fsp3) is 0.130. The molecule has 0 saturated carbocycles. The van der Waals surface area contributed by atoms with Gasteiger partial charge in [0, 0.05) is 11.6 Å². The van der Waals surface area contributed by atoms with Gasteiger partial charge in [-0.05, 0) is 33.1 Å². The lowest BCUT2D eigenvalue weighted by atomic mass is 9.91. The van der Waals surface area contributed by atoms with Crippen LogP contribution in [0.15, 0.2) is 82.4 Å². The van der Waals surface area contributed by atoms with Crippen molar-refractivity contribution in [1.29, 1.82) is 0 Å². The smallest absolute Gasteiger partial charge is 0.252 e. The maximum Gasteiger partial charge on any atom is 0.252 e. The van der Waals surface area contributed by atoms with E-state index in [2.05, 4.69) is 26.5 Å². The molecule has 0 heterocycles. The minimum atomic E-state index is -0.459. The summed E-state index contributed by atoms with van der Waals surface area (Å²) in [6, 6.07) is 22.8. The van der Waals surface area contributed by atoms with E-state index in [-0.39, 0.29) is 5.91 Å². The number of ether oxygens (including phenoxy) is 2. The zero-order valence-electron chi connectivity index (χ0n) is 16.1. The molecular weight excluding hydrogens is 432 g/mol. The third kappa shape index (κ3) is 5.03. The molecule has 0 aliphatic carbocycles. The Morgan fingerprint density at radius 3 is 2.00 bits per heavy atom. The van der Waals surface area contributed by atoms with Gasteiger partial charge in [0.25, 0.3) is 5.91 Å². The highest BCUT2D eigenvalue weighted by molar-refractivity contribution is 9.10. The van der Waals surface area contributed by atoms with Crippen molar-refractivity contribution in [2.24, 2.45) is 5.10 Å². The molecule has 3 aromatic carbocycles. The van der Waals surface area contributed by atoms with Crippen LogP contribution in [0.5, 0.6) is 11.5 Å². The fourth-order valence-electron chi connectivity index (χ4n) is 3.00. The third-order valence-corrected chi connectivity index (χ3v) is 5.03. The van der Waals surface area contributed by atoms with E-state index >= 15 is 0 Å². The summed E-state index contributed by atoms with van der Waals surface area (Å²) >= 11 is 3.45. The number of hydrazone groups is 1. The summed E-state index contributed by atoms with van der Waals surface area (Å²) in [5, 5.41) is 4.15. The molecule has 0 unspecified atom stereocenters. The standard InChI is InChI=1S/C23H21BrN2O3/c1-28-20-14-21(29-2)19(24)13-18(20)15-25-26-23(27)22(16-9-5-3-6-10-16)17-11-7-4-8-12-17/h3-15,22H,1-2H3,(H,26,27)/b25-15-. The zero-order valence-corrected chi connectivity index (χ0v) is 17.7. The van der Waals surface area contributed by atoms with Crippen LogP contribution in [-0.4, -0.2) is 26.3 Å². The first kappa shape index (κ1) is 20.6. The molecule has 3 rings (SSSR count). The number of methoxy groups -OCH3 is 2. The van der Waals surface area contributed by atoms with Crippen LogP contribution in [0.3, 0.4) is 0 Å². The summed E-state index contributed by atoms with van der Waals surface area (Å²) in [5.41, 5.74) is 5.16. The van der Waals surface area contributed by atoms with Crippen LogP contribution in [0, 0.1) is 0 Å². The van der Waals surface area contributed by atoms with Gasteiger partial charge in [-0.15, -0.1) is 0 Å². The van der Waals surface area contributed by atoms with Gasteiger partial charge in [0.1, 0.15) is 11.5 Å². The Hall–Kier alpha value is -3.12. The summed E-state index contributed by atoms with van der Waals surface area (Å²) in [5.74, 6) is 0.561. The van der Waals surface area contributed by atoms with Crippen LogP contribution in [-0.2, 0) is 4.79 Å². The number of amides is 1. The van der Waals surface area contributed by atoms with E-state index in [0.717, 1.165) is 15.6 Å². The molecule has 0 aliphatic rings. The predicted molar refractivity (Wildman–Crippen MR) is 118 cm³/mol. The number of hydrogen-bond donors (Lipinski definition) is 1. The minimum Gasteiger partial charge on any atom is -0.496 e. The molecule has 0 saturated heterocycles. The Kier molecular flexibility index (Phi) is 7.03. The quantitative estimate of drug-likeness (QED) is 0.415. The number of nitrogens with one attached hydrogen (secondary N) is 1. The molecule has 1 amide bonds. The van der Waals surface area contributed by atoms with Gasteiger partial charge in [-0.1, -0.05) is 60.7 Å². The molecule has 0 aromatic heterocycles. The predicted octanol–water partition coefficient (Wildman–Crippen LogP) is 4.75. The largest absolute Gasteiger partial charge is 0.496 e. The van der Waals surface area contributed by atoms with Crippen LogP contribution < -0.4 is 14.9 Å². The van der Waals surface area contributed by atoms with Crippen LogP contribution in [0.1, 0.15) is 22.6 Å². The second kappa shape index (κ2) is 9.89. The molecular formula is C23H21BrN2O3. The molecule has 0 aliphatic heterocycles. The van der Waals surface area contributed by atoms with Crippen molar-refractivity contribution in [2.75, 3.05) is 14.2 Å². The highest BCUT2D eigenvalue weighted by Crippen LogP contribution is 2.32. The normalized spacial score (nSPS) is 10.9. The van der Waals surface area contributed by atoms with E-state index in [4.69, 9.17) is 9.47 Å². The average molecular weight is 453 g/mol. The van der Waals surface area contributed by atoms with E-state index in [9.17, 15) is 4.79 Å². The Morgan fingerprint density at radius 1 is 0.931 bits per heavy atom. The monoisotopic (exact) mass is 452 g/mol. The molecule has 0 spiro atoms. The average Bonchev–Trinajstić information content (AvgIpc) is 2.75. The Labute approximate surface area is 178 Å². The van der Waals surface area contributed by atoms with Crippen molar-refractivity contribution in [2.45, 2.75) is 5.92 Å². The van der Waals surface area contributed by atoms with Gasteiger partial charge in [0.05, 0.1) is 30.8 Å². The summed E-state index contributed by atoms with van der Waals surface area (Å²) in [4.78, 5) is 13.0. The second-order valence-electron chi connectivity index (χ2n) is 6.22. The van der Waals surface area contributed by atoms with Gasteiger partial charge in [0.2, 0.25) is 0 Å². The van der Waals surface area contributed by atoms with E-state index in [1.54, 1.807) is 26.5 Å². The maximum absolute atomic E-state index is 13.0. The lowest BCUT2D eigenvalue weighted by Gasteiger charge is -2.16. The Balaban J connectivity index is 1.83. The highest BCUT2D eigenvalue weighted by atomic mass is 79.9. The molecule has 0 bridgehead atoms. The Bertz CT molecular complexity index is 952. The molecule has 29 heavy (non-hydrogen) atoms. The minimum absolute atomic E-state index is 0.217. The Morgan fingerprint density at radius 2 is 1.48 bits per heavy atom. The second-order valence-corrected chi connectivity index (χ2v) is 7.07. The summed E-state index contributed by atoms with van der Waals surface area (Å²) in [6.07, 6.45) is 1.55. The first-order chi connectivity index (χ1) is 14.1. The van der Waals surface area contributed by atoms with E-state index in [1.807, 2.05) is 66.7 Å². The molecule has 0 radical (unpaired) electrons. The van der Waals surface area contributed by atoms with E-state index in [0.29, 0.717) is 17.1 Å². The van der Waals surface area contributed by atoms with E-state index < -0.39 is 5.92 Å². The highest BCUT2D eigenvalue weighted by Gasteiger charge is 2.22. The van der Waals surface area contributed by atoms with Crippen LogP contribution in [0.2, 0.25) is 0 Å². The zero-order chi connectivity index (χ0) is 20.6. The van der Waals surface area contributed by atoms with E-state index in [1.165, 1.54) is 0 Å². The van der Waals surface area contributed by atoms with Crippen molar-refractivity contribution < 1.29 is 14.3 Å². The van der Waals surface area contributed by atoms with Gasteiger partial charge < -0.3 is 9.47 Å². The van der Waals surface area contributed by atoms with Gasteiger partial charge in [-0.2, -0.15) is 5.10 Å². The van der Waals surface area contributed by atoms with Gasteiger partial charge in [-0.25, -0.2) is 5.43 Å². The number of halogens is 1. The van der Waals surface area contributed by atoms with Crippen LogP contribution >= 0.6 is 15.9 Å². The van der Waals surface area contributed by atoms with Crippen molar-refractivity contribution >= 4 is 28.1 Å². The molecule has 1 N–H and O–H groups in total. The number of nitrogens with zero attached hydrogens (tertiary/aromatic N) is 1. The first-order valence-electron chi connectivity index (χ1n) is 8.98. The maximum atomic E-state index is 13.0. The SMILES string of the molecule is COc1cc(OC)c(/C=N\NC(=O)C(c2ccccc2)c2ccccc2)cc1Br. The number of carbonyl (C=O) groups excluding carboxylic acids is 1. The third-order valence-electron chi connectivity index (χ3n) is 4.41. The molecule has 148 valence electrons. The fourth-order valence-corrected chi connectivity index (χ4v) is 3.52. The van der Waals surface area contributed by atoms with Gasteiger partial charge in [0.15, 0.2) is 0 Å². The number of carbonyl (C=O) groups is 1. The number of rotatable bonds is 7. The molecule has 6 heteroatoms. The summed E-state index contributed by atoms with van der Waals surface area (Å²) < 4.78 is 11.4. The first-order valence-corrected chi connectivity index (χ1v) is 9.77. The molecule has 0 fully saturated rings. The van der Waals surface area contributed by atoms with Crippen molar-refractivity contribution in [3.8, 4) is 11.5 Å². The van der Waals surface area contributed by atoms with Crippen LogP contribution in [0.25, 0.3) is 0 Å². The molecule has 0 atom stereocenters. The molecule has 3 aromatic rings. The van der Waals surface area contributed by atoms with Gasteiger partial charge >= 0.3 is 0 Å². The lowest BCUT2D eigenvalue weighted by Crippen LogP contribution is -2.26. The summed E-state index contributed by atoms with van der Waals surface area (Å²) in [6.45, 7) is 0.